The molecule has 2 heterocycles. The van der Waals surface area contributed by atoms with Crippen LogP contribution in [-0.2, 0) is 6.54 Å². The van der Waals surface area contributed by atoms with Crippen LogP contribution in [0.5, 0.6) is 11.5 Å². The number of ether oxygens (including phenoxy) is 2. The van der Waals surface area contributed by atoms with Gasteiger partial charge in [0.25, 0.3) is 5.56 Å². The Kier molecular flexibility index (Phi) is 4.22. The van der Waals surface area contributed by atoms with Crippen molar-refractivity contribution in [1.82, 2.24) is 9.55 Å². The van der Waals surface area contributed by atoms with E-state index in [-0.39, 0.29) is 12.1 Å². The SMILES string of the molecule is COc1ccnc(Cn2ccc(C(=O)O)cc2=O)c1OC. The maximum atomic E-state index is 11.9. The van der Waals surface area contributed by atoms with E-state index < -0.39 is 11.5 Å². The number of carbonyl (C=O) groups is 1. The molecule has 2 rings (SSSR count). The number of carboxylic acids is 1. The predicted molar refractivity (Wildman–Crippen MR) is 74.1 cm³/mol. The molecule has 7 nitrogen and oxygen atoms in total. The van der Waals surface area contributed by atoms with E-state index in [4.69, 9.17) is 14.6 Å². The molecular formula is C14H14N2O5. The molecule has 110 valence electrons. The zero-order valence-corrected chi connectivity index (χ0v) is 11.6. The van der Waals surface area contributed by atoms with Crippen LogP contribution in [0.1, 0.15) is 16.1 Å². The number of hydrogen-bond donors (Lipinski definition) is 1. The number of methoxy groups -OCH3 is 2. The lowest BCUT2D eigenvalue weighted by Gasteiger charge is -2.12. The molecule has 2 aromatic rings. The third kappa shape index (κ3) is 3.02. The van der Waals surface area contributed by atoms with Crippen molar-refractivity contribution in [3.8, 4) is 11.5 Å². The Morgan fingerprint density at radius 2 is 2.10 bits per heavy atom. The molecule has 0 saturated heterocycles. The van der Waals surface area contributed by atoms with Crippen LogP contribution >= 0.6 is 0 Å². The molecule has 0 aliphatic heterocycles. The van der Waals surface area contributed by atoms with Crippen LogP contribution in [0.4, 0.5) is 0 Å². The average Bonchev–Trinajstić information content (AvgIpc) is 2.48. The number of rotatable bonds is 5. The molecule has 0 amide bonds. The number of aromatic carboxylic acids is 1. The molecule has 0 radical (unpaired) electrons. The summed E-state index contributed by atoms with van der Waals surface area (Å²) in [6.07, 6.45) is 2.96. The Bertz CT molecular complexity index is 724. The van der Waals surface area contributed by atoms with Gasteiger partial charge >= 0.3 is 5.97 Å². The van der Waals surface area contributed by atoms with Crippen molar-refractivity contribution in [2.24, 2.45) is 0 Å². The fourth-order valence-electron chi connectivity index (χ4n) is 1.90. The molecule has 0 spiro atoms. The first-order valence-electron chi connectivity index (χ1n) is 6.06. The van der Waals surface area contributed by atoms with Gasteiger partial charge < -0.3 is 19.1 Å². The van der Waals surface area contributed by atoms with Crippen molar-refractivity contribution in [3.63, 3.8) is 0 Å². The summed E-state index contributed by atoms with van der Waals surface area (Å²) in [5.41, 5.74) is 0.0328. The maximum Gasteiger partial charge on any atom is 0.335 e. The minimum atomic E-state index is -1.14. The fraction of sp³-hybridized carbons (Fsp3) is 0.214. The van der Waals surface area contributed by atoms with Gasteiger partial charge in [-0.25, -0.2) is 4.79 Å². The highest BCUT2D eigenvalue weighted by Crippen LogP contribution is 2.29. The van der Waals surface area contributed by atoms with Crippen molar-refractivity contribution in [1.29, 1.82) is 0 Å². The lowest BCUT2D eigenvalue weighted by atomic mass is 10.2. The molecule has 21 heavy (non-hydrogen) atoms. The van der Waals surface area contributed by atoms with E-state index in [0.717, 1.165) is 6.07 Å². The molecule has 0 unspecified atom stereocenters. The first kappa shape index (κ1) is 14.6. The first-order chi connectivity index (χ1) is 10.1. The van der Waals surface area contributed by atoms with Gasteiger partial charge in [-0.2, -0.15) is 0 Å². The molecule has 0 aliphatic rings. The van der Waals surface area contributed by atoms with Gasteiger partial charge in [-0.1, -0.05) is 0 Å². The Morgan fingerprint density at radius 3 is 2.67 bits per heavy atom. The standard InChI is InChI=1S/C14H14N2O5/c1-20-11-3-5-15-10(13(11)21-2)8-16-6-4-9(14(18)19)7-12(16)17/h3-7H,8H2,1-2H3,(H,18,19). The Labute approximate surface area is 120 Å². The highest BCUT2D eigenvalue weighted by Gasteiger charge is 2.13. The summed E-state index contributed by atoms with van der Waals surface area (Å²) in [4.78, 5) is 26.9. The van der Waals surface area contributed by atoms with Gasteiger partial charge in [0.05, 0.1) is 26.3 Å². The molecule has 0 saturated carbocycles. The maximum absolute atomic E-state index is 11.9. The van der Waals surface area contributed by atoms with Crippen LogP contribution in [0, 0.1) is 0 Å². The average molecular weight is 290 g/mol. The molecule has 0 fully saturated rings. The van der Waals surface area contributed by atoms with Gasteiger partial charge in [0, 0.05) is 24.5 Å². The third-order valence-corrected chi connectivity index (χ3v) is 2.93. The summed E-state index contributed by atoms with van der Waals surface area (Å²) in [7, 11) is 2.99. The van der Waals surface area contributed by atoms with Gasteiger partial charge in [-0.3, -0.25) is 9.78 Å². The number of aromatic nitrogens is 2. The number of carboxylic acid groups (broad SMARTS) is 1. The second-order valence-electron chi connectivity index (χ2n) is 4.18. The van der Waals surface area contributed by atoms with Crippen molar-refractivity contribution in [2.45, 2.75) is 6.54 Å². The lowest BCUT2D eigenvalue weighted by Crippen LogP contribution is -2.21. The van der Waals surface area contributed by atoms with Crippen molar-refractivity contribution < 1.29 is 19.4 Å². The molecule has 0 bridgehead atoms. The topological polar surface area (TPSA) is 90.7 Å². The van der Waals surface area contributed by atoms with Crippen molar-refractivity contribution in [3.05, 3.63) is 52.2 Å². The smallest absolute Gasteiger partial charge is 0.335 e. The normalized spacial score (nSPS) is 10.2. The lowest BCUT2D eigenvalue weighted by molar-refractivity contribution is 0.0696. The minimum absolute atomic E-state index is 0.0539. The second-order valence-corrected chi connectivity index (χ2v) is 4.18. The summed E-state index contributed by atoms with van der Waals surface area (Å²) < 4.78 is 11.8. The van der Waals surface area contributed by atoms with Crippen LogP contribution in [-0.4, -0.2) is 34.8 Å². The quantitative estimate of drug-likeness (QED) is 0.883. The van der Waals surface area contributed by atoms with Gasteiger partial charge in [0.2, 0.25) is 0 Å². The molecule has 0 aliphatic carbocycles. The summed E-state index contributed by atoms with van der Waals surface area (Å²) in [6.45, 7) is 0.152. The Hall–Kier alpha value is -2.83. The zero-order chi connectivity index (χ0) is 15.4. The van der Waals surface area contributed by atoms with Crippen LogP contribution in [0.25, 0.3) is 0 Å². The largest absolute Gasteiger partial charge is 0.493 e. The van der Waals surface area contributed by atoms with Gasteiger partial charge in [-0.05, 0) is 6.07 Å². The number of hydrogen-bond acceptors (Lipinski definition) is 5. The van der Waals surface area contributed by atoms with E-state index in [1.807, 2.05) is 0 Å². The van der Waals surface area contributed by atoms with Crippen molar-refractivity contribution in [2.75, 3.05) is 14.2 Å². The first-order valence-corrected chi connectivity index (χ1v) is 6.06. The van der Waals surface area contributed by atoms with Crippen LogP contribution in [0.3, 0.4) is 0 Å². The van der Waals surface area contributed by atoms with Gasteiger partial charge in [0.15, 0.2) is 11.5 Å². The monoisotopic (exact) mass is 290 g/mol. The van der Waals surface area contributed by atoms with E-state index in [1.165, 1.54) is 31.0 Å². The predicted octanol–water partition coefficient (Wildman–Crippen LogP) is 1.01. The Morgan fingerprint density at radius 1 is 1.33 bits per heavy atom. The molecule has 7 heteroatoms. The minimum Gasteiger partial charge on any atom is -0.493 e. The van der Waals surface area contributed by atoms with E-state index >= 15 is 0 Å². The van der Waals surface area contributed by atoms with Crippen molar-refractivity contribution >= 4 is 5.97 Å². The van der Waals surface area contributed by atoms with E-state index in [1.54, 1.807) is 12.3 Å². The van der Waals surface area contributed by atoms with Crippen LogP contribution in [0.15, 0.2) is 35.4 Å². The molecule has 2 aromatic heterocycles. The van der Waals surface area contributed by atoms with E-state index in [9.17, 15) is 9.59 Å². The van der Waals surface area contributed by atoms with Gasteiger partial charge in [0.1, 0.15) is 5.69 Å². The zero-order valence-electron chi connectivity index (χ0n) is 11.6. The Balaban J connectivity index is 2.39. The molecule has 0 aromatic carbocycles. The third-order valence-electron chi connectivity index (χ3n) is 2.93. The van der Waals surface area contributed by atoms with Gasteiger partial charge in [-0.15, -0.1) is 0 Å². The summed E-state index contributed by atoms with van der Waals surface area (Å²) in [5.74, 6) is -0.191. The van der Waals surface area contributed by atoms with E-state index in [0.29, 0.717) is 17.2 Å². The molecular weight excluding hydrogens is 276 g/mol. The van der Waals surface area contributed by atoms with Crippen LogP contribution < -0.4 is 15.0 Å². The van der Waals surface area contributed by atoms with Crippen LogP contribution in [0.2, 0.25) is 0 Å². The number of nitrogens with zero attached hydrogens (tertiary/aromatic N) is 2. The molecule has 1 N–H and O–H groups in total. The summed E-state index contributed by atoms with van der Waals surface area (Å²) >= 11 is 0. The highest BCUT2D eigenvalue weighted by molar-refractivity contribution is 5.87. The summed E-state index contributed by atoms with van der Waals surface area (Å²) in [5, 5.41) is 8.84. The number of pyridine rings is 2. The highest BCUT2D eigenvalue weighted by atomic mass is 16.5. The molecule has 0 atom stereocenters. The second kappa shape index (κ2) is 6.08. The summed E-state index contributed by atoms with van der Waals surface area (Å²) in [6, 6.07) is 4.07. The van der Waals surface area contributed by atoms with E-state index in [2.05, 4.69) is 4.98 Å². The fourth-order valence-corrected chi connectivity index (χ4v) is 1.90.